The molecule has 1 aromatic carbocycles. The number of imidazole rings is 1. The Kier molecular flexibility index (Phi) is 4.07. The molecule has 0 amide bonds. The second-order valence-electron chi connectivity index (χ2n) is 4.25. The third-order valence-electron chi connectivity index (χ3n) is 2.68. The summed E-state index contributed by atoms with van der Waals surface area (Å²) in [7, 11) is 4.13. The largest absolute Gasteiger partial charge is 0.326 e. The minimum absolute atomic E-state index is 0.444. The number of likely N-dealkylation sites (N-methyl/N-ethyl adjacent to an activating group) is 1. The molecule has 0 aliphatic rings. The van der Waals surface area contributed by atoms with E-state index >= 15 is 0 Å². The summed E-state index contributed by atoms with van der Waals surface area (Å²) in [5.74, 6) is 1.38. The van der Waals surface area contributed by atoms with Crippen LogP contribution in [0, 0.1) is 0 Å². The molecule has 3 nitrogen and oxygen atoms in total. The van der Waals surface area contributed by atoms with E-state index in [0.717, 1.165) is 34.4 Å². The third kappa shape index (κ3) is 2.81. The van der Waals surface area contributed by atoms with Crippen LogP contribution in [0.5, 0.6) is 0 Å². The van der Waals surface area contributed by atoms with Crippen LogP contribution in [0.1, 0.15) is 5.82 Å². The number of halogens is 2. The summed E-state index contributed by atoms with van der Waals surface area (Å²) in [6.07, 6.45) is 0. The Morgan fingerprint density at radius 3 is 2.82 bits per heavy atom. The lowest BCUT2D eigenvalue weighted by Gasteiger charge is -2.12. The lowest BCUT2D eigenvalue weighted by atomic mass is 10.3. The van der Waals surface area contributed by atoms with Crippen molar-refractivity contribution in [3.05, 3.63) is 28.5 Å². The van der Waals surface area contributed by atoms with Crippen molar-refractivity contribution in [3.63, 3.8) is 0 Å². The SMILES string of the molecule is CN(C)CCn1c(CCl)nc2ccc(Br)cc21. The number of rotatable bonds is 4. The molecule has 5 heteroatoms. The zero-order valence-electron chi connectivity index (χ0n) is 9.95. The molecular formula is C12H15BrClN3. The van der Waals surface area contributed by atoms with Crippen molar-refractivity contribution in [2.45, 2.75) is 12.4 Å². The average Bonchev–Trinajstić information content (AvgIpc) is 2.63. The van der Waals surface area contributed by atoms with Crippen LogP contribution >= 0.6 is 27.5 Å². The van der Waals surface area contributed by atoms with E-state index in [1.807, 2.05) is 12.1 Å². The van der Waals surface area contributed by atoms with Gasteiger partial charge >= 0.3 is 0 Å². The van der Waals surface area contributed by atoms with E-state index in [-0.39, 0.29) is 0 Å². The Morgan fingerprint density at radius 2 is 2.18 bits per heavy atom. The molecular weight excluding hydrogens is 302 g/mol. The topological polar surface area (TPSA) is 21.1 Å². The summed E-state index contributed by atoms with van der Waals surface area (Å²) >= 11 is 9.44. The second kappa shape index (κ2) is 5.38. The number of fused-ring (bicyclic) bond motifs is 1. The van der Waals surface area contributed by atoms with E-state index in [1.165, 1.54) is 0 Å². The molecule has 0 saturated heterocycles. The summed E-state index contributed by atoms with van der Waals surface area (Å²) in [5.41, 5.74) is 2.14. The quantitative estimate of drug-likeness (QED) is 0.808. The molecule has 2 rings (SSSR count). The molecule has 0 N–H and O–H groups in total. The van der Waals surface area contributed by atoms with E-state index in [0.29, 0.717) is 5.88 Å². The fourth-order valence-corrected chi connectivity index (χ4v) is 2.35. The van der Waals surface area contributed by atoms with Crippen molar-refractivity contribution in [3.8, 4) is 0 Å². The predicted octanol–water partition coefficient (Wildman–Crippen LogP) is 3.10. The molecule has 0 fully saturated rings. The monoisotopic (exact) mass is 315 g/mol. The van der Waals surface area contributed by atoms with Gasteiger partial charge in [0.2, 0.25) is 0 Å². The van der Waals surface area contributed by atoms with Gasteiger partial charge in [-0.1, -0.05) is 15.9 Å². The normalized spacial score (nSPS) is 11.6. The van der Waals surface area contributed by atoms with Crippen LogP contribution in [-0.2, 0) is 12.4 Å². The first-order valence-corrected chi connectivity index (χ1v) is 6.80. The van der Waals surface area contributed by atoms with Gasteiger partial charge < -0.3 is 9.47 Å². The Bertz CT molecular complexity index is 522. The molecule has 0 saturated carbocycles. The van der Waals surface area contributed by atoms with Crippen molar-refractivity contribution in [2.24, 2.45) is 0 Å². The van der Waals surface area contributed by atoms with Gasteiger partial charge in [0.05, 0.1) is 16.9 Å². The van der Waals surface area contributed by atoms with E-state index in [2.05, 4.69) is 50.5 Å². The van der Waals surface area contributed by atoms with Gasteiger partial charge in [-0.05, 0) is 32.3 Å². The van der Waals surface area contributed by atoms with Crippen molar-refractivity contribution in [1.29, 1.82) is 0 Å². The fraction of sp³-hybridized carbons (Fsp3) is 0.417. The number of aromatic nitrogens is 2. The summed E-state index contributed by atoms with van der Waals surface area (Å²) in [5, 5.41) is 0. The number of nitrogens with zero attached hydrogens (tertiary/aromatic N) is 3. The van der Waals surface area contributed by atoms with Crippen molar-refractivity contribution < 1.29 is 0 Å². The molecule has 1 aromatic heterocycles. The number of alkyl halides is 1. The molecule has 0 bridgehead atoms. The smallest absolute Gasteiger partial charge is 0.124 e. The Hall–Kier alpha value is -0.580. The third-order valence-corrected chi connectivity index (χ3v) is 3.41. The van der Waals surface area contributed by atoms with Gasteiger partial charge in [-0.25, -0.2) is 4.98 Å². The first kappa shape index (κ1) is 12.9. The summed E-state index contributed by atoms with van der Waals surface area (Å²) in [6, 6.07) is 6.11. The highest BCUT2D eigenvalue weighted by atomic mass is 79.9. The highest BCUT2D eigenvalue weighted by molar-refractivity contribution is 9.10. The molecule has 0 radical (unpaired) electrons. The van der Waals surface area contributed by atoms with Gasteiger partial charge in [0.1, 0.15) is 5.82 Å². The van der Waals surface area contributed by atoms with E-state index < -0.39 is 0 Å². The van der Waals surface area contributed by atoms with Crippen LogP contribution in [0.15, 0.2) is 22.7 Å². The number of benzene rings is 1. The van der Waals surface area contributed by atoms with Crippen molar-refractivity contribution in [2.75, 3.05) is 20.6 Å². The highest BCUT2D eigenvalue weighted by Crippen LogP contribution is 2.21. The van der Waals surface area contributed by atoms with Gasteiger partial charge in [0.15, 0.2) is 0 Å². The lowest BCUT2D eigenvalue weighted by Crippen LogP contribution is -2.19. The molecule has 0 unspecified atom stereocenters. The molecule has 0 spiro atoms. The highest BCUT2D eigenvalue weighted by Gasteiger charge is 2.10. The van der Waals surface area contributed by atoms with Crippen LogP contribution in [0.25, 0.3) is 11.0 Å². The lowest BCUT2D eigenvalue weighted by molar-refractivity contribution is 0.384. The van der Waals surface area contributed by atoms with Crippen molar-refractivity contribution >= 4 is 38.6 Å². The van der Waals surface area contributed by atoms with Crippen LogP contribution < -0.4 is 0 Å². The van der Waals surface area contributed by atoms with Gasteiger partial charge in [-0.15, -0.1) is 11.6 Å². The zero-order chi connectivity index (χ0) is 12.4. The summed E-state index contributed by atoms with van der Waals surface area (Å²) in [4.78, 5) is 6.70. The maximum absolute atomic E-state index is 5.95. The van der Waals surface area contributed by atoms with E-state index in [9.17, 15) is 0 Å². The first-order chi connectivity index (χ1) is 8.11. The molecule has 0 aliphatic carbocycles. The molecule has 2 aromatic rings. The van der Waals surface area contributed by atoms with Gasteiger partial charge in [-0.2, -0.15) is 0 Å². The maximum Gasteiger partial charge on any atom is 0.124 e. The zero-order valence-corrected chi connectivity index (χ0v) is 12.3. The minimum atomic E-state index is 0.444. The van der Waals surface area contributed by atoms with Crippen molar-refractivity contribution in [1.82, 2.24) is 14.5 Å². The summed E-state index contributed by atoms with van der Waals surface area (Å²) in [6.45, 7) is 1.88. The standard InChI is InChI=1S/C12H15BrClN3/c1-16(2)5-6-17-11-7-9(13)3-4-10(11)15-12(17)8-14/h3-4,7H,5-6,8H2,1-2H3. The summed E-state index contributed by atoms with van der Waals surface area (Å²) < 4.78 is 3.25. The first-order valence-electron chi connectivity index (χ1n) is 5.47. The Labute approximate surface area is 115 Å². The van der Waals surface area contributed by atoms with E-state index in [1.54, 1.807) is 0 Å². The Balaban J connectivity index is 2.45. The Morgan fingerprint density at radius 1 is 1.41 bits per heavy atom. The number of hydrogen-bond donors (Lipinski definition) is 0. The molecule has 0 atom stereocenters. The van der Waals surface area contributed by atoms with Gasteiger partial charge in [0.25, 0.3) is 0 Å². The molecule has 92 valence electrons. The average molecular weight is 317 g/mol. The van der Waals surface area contributed by atoms with Crippen LogP contribution in [0.3, 0.4) is 0 Å². The second-order valence-corrected chi connectivity index (χ2v) is 5.43. The minimum Gasteiger partial charge on any atom is -0.326 e. The van der Waals surface area contributed by atoms with Crippen LogP contribution in [-0.4, -0.2) is 35.1 Å². The van der Waals surface area contributed by atoms with E-state index in [4.69, 9.17) is 11.6 Å². The molecule has 0 aliphatic heterocycles. The fourth-order valence-electron chi connectivity index (χ4n) is 1.80. The van der Waals surface area contributed by atoms with Gasteiger partial charge in [0, 0.05) is 17.6 Å². The predicted molar refractivity (Wildman–Crippen MR) is 75.5 cm³/mol. The maximum atomic E-state index is 5.95. The number of hydrogen-bond acceptors (Lipinski definition) is 2. The molecule has 1 heterocycles. The van der Waals surface area contributed by atoms with Crippen LogP contribution in [0.4, 0.5) is 0 Å². The van der Waals surface area contributed by atoms with Crippen LogP contribution in [0.2, 0.25) is 0 Å². The van der Waals surface area contributed by atoms with Gasteiger partial charge in [-0.3, -0.25) is 0 Å². The molecule has 17 heavy (non-hydrogen) atoms.